The summed E-state index contributed by atoms with van der Waals surface area (Å²) in [5.41, 5.74) is -1.15. The SMILES string of the molecule is O=C(O)c1cc([N+](=O)[O-])ccc1S(=O)(=O)N1CCCCO1. The van der Waals surface area contributed by atoms with Crippen molar-refractivity contribution in [2.75, 3.05) is 13.2 Å². The Labute approximate surface area is 119 Å². The quantitative estimate of drug-likeness (QED) is 0.648. The molecule has 1 fully saturated rings. The van der Waals surface area contributed by atoms with Crippen molar-refractivity contribution in [1.29, 1.82) is 0 Å². The number of benzene rings is 1. The Morgan fingerprint density at radius 3 is 2.62 bits per heavy atom. The lowest BCUT2D eigenvalue weighted by Crippen LogP contribution is -2.36. The molecule has 1 N–H and O–H groups in total. The number of aromatic carboxylic acids is 1. The second-order valence-corrected chi connectivity index (χ2v) is 6.11. The molecule has 0 aliphatic carbocycles. The van der Waals surface area contributed by atoms with Crippen LogP contribution in [0.15, 0.2) is 23.1 Å². The summed E-state index contributed by atoms with van der Waals surface area (Å²) in [4.78, 5) is 25.6. The molecule has 9 nitrogen and oxygen atoms in total. The molecule has 1 aliphatic rings. The highest BCUT2D eigenvalue weighted by Gasteiger charge is 2.32. The Kier molecular flexibility index (Phi) is 4.21. The van der Waals surface area contributed by atoms with E-state index in [1.807, 2.05) is 0 Å². The number of carboxylic acid groups (broad SMARTS) is 1. The summed E-state index contributed by atoms with van der Waals surface area (Å²) >= 11 is 0. The molecule has 0 aromatic heterocycles. The molecule has 2 rings (SSSR count). The van der Waals surface area contributed by atoms with Gasteiger partial charge in [0.2, 0.25) is 0 Å². The van der Waals surface area contributed by atoms with E-state index in [9.17, 15) is 23.3 Å². The molecule has 1 aliphatic heterocycles. The third-order valence-electron chi connectivity index (χ3n) is 2.92. The molecule has 10 heteroatoms. The minimum absolute atomic E-state index is 0.110. The van der Waals surface area contributed by atoms with Gasteiger partial charge in [-0.1, -0.05) is 4.47 Å². The summed E-state index contributed by atoms with van der Waals surface area (Å²) in [7, 11) is -4.17. The first-order valence-electron chi connectivity index (χ1n) is 6.01. The van der Waals surface area contributed by atoms with E-state index in [4.69, 9.17) is 9.94 Å². The van der Waals surface area contributed by atoms with Crippen molar-refractivity contribution in [3.8, 4) is 0 Å². The van der Waals surface area contributed by atoms with Gasteiger partial charge in [0.05, 0.1) is 22.0 Å². The molecular formula is C11H12N2O7S. The maximum absolute atomic E-state index is 12.4. The van der Waals surface area contributed by atoms with E-state index in [1.165, 1.54) is 0 Å². The number of rotatable bonds is 4. The highest BCUT2D eigenvalue weighted by molar-refractivity contribution is 7.89. The first-order valence-corrected chi connectivity index (χ1v) is 7.45. The van der Waals surface area contributed by atoms with Crippen molar-refractivity contribution < 1.29 is 28.1 Å². The highest BCUT2D eigenvalue weighted by Crippen LogP contribution is 2.26. The molecule has 1 heterocycles. The fourth-order valence-electron chi connectivity index (χ4n) is 1.90. The van der Waals surface area contributed by atoms with Gasteiger partial charge in [-0.2, -0.15) is 0 Å². The Hall–Kier alpha value is -2.04. The molecule has 0 unspecified atom stereocenters. The number of hydroxylamine groups is 1. The second-order valence-electron chi connectivity index (χ2n) is 4.31. The maximum atomic E-state index is 12.4. The van der Waals surface area contributed by atoms with Gasteiger partial charge in [-0.05, 0) is 18.9 Å². The van der Waals surface area contributed by atoms with Crippen LogP contribution in [0, 0.1) is 10.1 Å². The lowest BCUT2D eigenvalue weighted by Gasteiger charge is -2.25. The van der Waals surface area contributed by atoms with Crippen molar-refractivity contribution in [2.24, 2.45) is 0 Å². The lowest BCUT2D eigenvalue weighted by atomic mass is 10.2. The molecule has 0 amide bonds. The van der Waals surface area contributed by atoms with Crippen LogP contribution >= 0.6 is 0 Å². The van der Waals surface area contributed by atoms with Gasteiger partial charge in [-0.25, -0.2) is 13.2 Å². The van der Waals surface area contributed by atoms with Gasteiger partial charge in [0.1, 0.15) is 0 Å². The zero-order chi connectivity index (χ0) is 15.6. The predicted octanol–water partition coefficient (Wildman–Crippen LogP) is 1.01. The van der Waals surface area contributed by atoms with E-state index in [0.717, 1.165) is 22.7 Å². The molecule has 1 aromatic carbocycles. The summed E-state index contributed by atoms with van der Waals surface area (Å²) in [5, 5.41) is 19.8. The Bertz CT molecular complexity index is 680. The molecule has 114 valence electrons. The van der Waals surface area contributed by atoms with Crippen molar-refractivity contribution >= 4 is 21.7 Å². The number of nitro benzene ring substituents is 1. The molecule has 21 heavy (non-hydrogen) atoms. The average Bonchev–Trinajstić information content (AvgIpc) is 2.47. The summed E-state index contributed by atoms with van der Waals surface area (Å²) < 4.78 is 25.4. The Morgan fingerprint density at radius 2 is 2.10 bits per heavy atom. The second kappa shape index (κ2) is 5.76. The topological polar surface area (TPSA) is 127 Å². The van der Waals surface area contributed by atoms with Gasteiger partial charge in [0.25, 0.3) is 15.7 Å². The number of nitro groups is 1. The number of hydrogen-bond donors (Lipinski definition) is 1. The zero-order valence-electron chi connectivity index (χ0n) is 10.8. The fraction of sp³-hybridized carbons (Fsp3) is 0.364. The number of carbonyl (C=O) groups is 1. The number of non-ortho nitro benzene ring substituents is 1. The molecule has 0 spiro atoms. The van der Waals surface area contributed by atoms with E-state index in [-0.39, 0.29) is 13.2 Å². The fourth-order valence-corrected chi connectivity index (χ4v) is 3.36. The van der Waals surface area contributed by atoms with Crippen LogP contribution in [0.1, 0.15) is 23.2 Å². The van der Waals surface area contributed by atoms with E-state index in [0.29, 0.717) is 12.8 Å². The van der Waals surface area contributed by atoms with E-state index in [1.54, 1.807) is 0 Å². The van der Waals surface area contributed by atoms with Crippen molar-refractivity contribution in [1.82, 2.24) is 4.47 Å². The van der Waals surface area contributed by atoms with Crippen LogP contribution in [0.25, 0.3) is 0 Å². The van der Waals surface area contributed by atoms with Crippen LogP contribution in [0.4, 0.5) is 5.69 Å². The van der Waals surface area contributed by atoms with Gasteiger partial charge in [-0.15, -0.1) is 0 Å². The predicted molar refractivity (Wildman–Crippen MR) is 69.1 cm³/mol. The van der Waals surface area contributed by atoms with Gasteiger partial charge >= 0.3 is 5.97 Å². The number of carboxylic acids is 1. The summed E-state index contributed by atoms with van der Waals surface area (Å²) in [6.45, 7) is 0.326. The molecule has 1 aromatic rings. The summed E-state index contributed by atoms with van der Waals surface area (Å²) in [6.07, 6.45) is 1.30. The Balaban J connectivity index is 2.51. The number of hydrogen-bond acceptors (Lipinski definition) is 6. The van der Waals surface area contributed by atoms with Crippen LogP contribution in [0.3, 0.4) is 0 Å². The van der Waals surface area contributed by atoms with Gasteiger partial charge in [0, 0.05) is 18.7 Å². The van der Waals surface area contributed by atoms with Gasteiger partial charge in [0.15, 0.2) is 0 Å². The standard InChI is InChI=1S/C11H12N2O7S/c14-11(15)9-7-8(13(16)17)3-4-10(9)21(18,19)12-5-1-2-6-20-12/h3-4,7H,1-2,5-6H2,(H,14,15). The third kappa shape index (κ3) is 3.01. The van der Waals surface area contributed by atoms with Crippen LogP contribution < -0.4 is 0 Å². The van der Waals surface area contributed by atoms with Crippen molar-refractivity contribution in [3.05, 3.63) is 33.9 Å². The zero-order valence-corrected chi connectivity index (χ0v) is 11.6. The highest BCUT2D eigenvalue weighted by atomic mass is 32.2. The number of sulfonamides is 1. The lowest BCUT2D eigenvalue weighted by molar-refractivity contribution is -0.384. The van der Waals surface area contributed by atoms with E-state index < -0.39 is 37.1 Å². The average molecular weight is 316 g/mol. The van der Waals surface area contributed by atoms with Crippen LogP contribution in [0.2, 0.25) is 0 Å². The minimum atomic E-state index is -4.17. The third-order valence-corrected chi connectivity index (χ3v) is 4.66. The van der Waals surface area contributed by atoms with E-state index in [2.05, 4.69) is 0 Å². The normalized spacial score (nSPS) is 16.6. The van der Waals surface area contributed by atoms with Crippen LogP contribution in [-0.4, -0.2) is 42.0 Å². The molecular weight excluding hydrogens is 304 g/mol. The Morgan fingerprint density at radius 1 is 1.38 bits per heavy atom. The molecule has 0 atom stereocenters. The van der Waals surface area contributed by atoms with Gasteiger partial charge < -0.3 is 5.11 Å². The van der Waals surface area contributed by atoms with Crippen LogP contribution in [0.5, 0.6) is 0 Å². The molecule has 0 radical (unpaired) electrons. The van der Waals surface area contributed by atoms with Crippen molar-refractivity contribution in [3.63, 3.8) is 0 Å². The summed E-state index contributed by atoms with van der Waals surface area (Å²) in [6, 6.07) is 2.58. The monoisotopic (exact) mass is 316 g/mol. The summed E-state index contributed by atoms with van der Waals surface area (Å²) in [5.74, 6) is -1.56. The van der Waals surface area contributed by atoms with Crippen molar-refractivity contribution in [2.45, 2.75) is 17.7 Å². The van der Waals surface area contributed by atoms with Gasteiger partial charge in [-0.3, -0.25) is 15.0 Å². The maximum Gasteiger partial charge on any atom is 0.337 e. The minimum Gasteiger partial charge on any atom is -0.478 e. The number of nitrogens with zero attached hydrogens (tertiary/aromatic N) is 2. The molecule has 0 bridgehead atoms. The first-order chi connectivity index (χ1) is 9.84. The molecule has 1 saturated heterocycles. The van der Waals surface area contributed by atoms with Crippen LogP contribution in [-0.2, 0) is 14.9 Å². The first kappa shape index (κ1) is 15.4. The largest absolute Gasteiger partial charge is 0.478 e. The molecule has 0 saturated carbocycles. The van der Waals surface area contributed by atoms with E-state index >= 15 is 0 Å². The smallest absolute Gasteiger partial charge is 0.337 e.